The first-order chi connectivity index (χ1) is 14.1. The zero-order valence-electron chi connectivity index (χ0n) is 17.8. The number of carbonyl (C=O) groups is 1. The molecule has 1 aliphatic carbocycles. The predicted octanol–water partition coefficient (Wildman–Crippen LogP) is 3.57. The highest BCUT2D eigenvalue weighted by Gasteiger charge is 2.27. The van der Waals surface area contributed by atoms with E-state index in [2.05, 4.69) is 33.3 Å². The third kappa shape index (κ3) is 4.10. The number of ether oxygens (including phenoxy) is 2. The molecular formula is C22H32N4O3. The summed E-state index contributed by atoms with van der Waals surface area (Å²) in [4.78, 5) is 23.0. The van der Waals surface area contributed by atoms with Crippen LogP contribution in [-0.2, 0) is 9.53 Å². The third-order valence-electron chi connectivity index (χ3n) is 6.46. The Morgan fingerprint density at radius 3 is 2.55 bits per heavy atom. The average Bonchev–Trinajstić information content (AvgIpc) is 3.31. The van der Waals surface area contributed by atoms with Crippen molar-refractivity contribution in [2.45, 2.75) is 71.4 Å². The average molecular weight is 401 g/mol. The topological polar surface area (TPSA) is 69.5 Å². The van der Waals surface area contributed by atoms with E-state index >= 15 is 0 Å². The van der Waals surface area contributed by atoms with E-state index < -0.39 is 0 Å². The van der Waals surface area contributed by atoms with Crippen molar-refractivity contribution in [2.24, 2.45) is 0 Å². The highest BCUT2D eigenvalue weighted by Crippen LogP contribution is 2.38. The summed E-state index contributed by atoms with van der Waals surface area (Å²) in [5.74, 6) is 0.555. The van der Waals surface area contributed by atoms with Crippen molar-refractivity contribution in [2.75, 3.05) is 26.2 Å². The fourth-order valence-corrected chi connectivity index (χ4v) is 4.82. The van der Waals surface area contributed by atoms with E-state index in [-0.39, 0.29) is 12.1 Å². The molecule has 2 aromatic heterocycles. The van der Waals surface area contributed by atoms with Gasteiger partial charge >= 0.3 is 5.97 Å². The summed E-state index contributed by atoms with van der Waals surface area (Å²) < 4.78 is 13.8. The van der Waals surface area contributed by atoms with Crippen LogP contribution in [0.3, 0.4) is 0 Å². The predicted molar refractivity (Wildman–Crippen MR) is 111 cm³/mol. The van der Waals surface area contributed by atoms with Gasteiger partial charge in [-0.25, -0.2) is 9.97 Å². The van der Waals surface area contributed by atoms with Gasteiger partial charge in [0.2, 0.25) is 5.88 Å². The van der Waals surface area contributed by atoms with Crippen LogP contribution in [0.2, 0.25) is 0 Å². The lowest BCUT2D eigenvalue weighted by molar-refractivity contribution is -0.144. The zero-order valence-corrected chi connectivity index (χ0v) is 17.8. The molecule has 2 aliphatic rings. The molecule has 3 heterocycles. The van der Waals surface area contributed by atoms with E-state index in [9.17, 15) is 4.79 Å². The molecule has 1 aliphatic heterocycles. The van der Waals surface area contributed by atoms with E-state index in [1.54, 1.807) is 6.33 Å². The normalized spacial score (nSPS) is 19.1. The Balaban J connectivity index is 1.48. The number of carbonyl (C=O) groups excluding carboxylic acids is 1. The van der Waals surface area contributed by atoms with E-state index in [4.69, 9.17) is 9.47 Å². The first-order valence-corrected chi connectivity index (χ1v) is 10.9. The molecule has 2 fully saturated rings. The van der Waals surface area contributed by atoms with Crippen molar-refractivity contribution < 1.29 is 14.3 Å². The summed E-state index contributed by atoms with van der Waals surface area (Å²) >= 11 is 0. The van der Waals surface area contributed by atoms with E-state index in [1.165, 1.54) is 36.9 Å². The van der Waals surface area contributed by atoms with Crippen molar-refractivity contribution in [3.63, 3.8) is 0 Å². The fraction of sp³-hybridized carbons (Fsp3) is 0.682. The number of fused-ring (bicyclic) bond motifs is 1. The summed E-state index contributed by atoms with van der Waals surface area (Å²) in [5, 5.41) is 1.06. The number of hydrogen-bond donors (Lipinski definition) is 0. The number of aryl methyl sites for hydroxylation is 1. The number of aromatic nitrogens is 3. The summed E-state index contributed by atoms with van der Waals surface area (Å²) in [7, 11) is 0. The van der Waals surface area contributed by atoms with Gasteiger partial charge in [0.05, 0.1) is 18.5 Å². The molecule has 0 aromatic carbocycles. The Morgan fingerprint density at radius 2 is 1.86 bits per heavy atom. The van der Waals surface area contributed by atoms with Crippen LogP contribution in [0.1, 0.15) is 62.7 Å². The smallest absolute Gasteiger partial charge is 0.320 e. The third-order valence-corrected chi connectivity index (χ3v) is 6.46. The van der Waals surface area contributed by atoms with Gasteiger partial charge in [-0.2, -0.15) is 0 Å². The molecule has 0 spiro atoms. The Kier molecular flexibility index (Phi) is 6.04. The van der Waals surface area contributed by atoms with Crippen molar-refractivity contribution in [3.05, 3.63) is 17.6 Å². The molecule has 1 saturated carbocycles. The molecule has 0 N–H and O–H groups in total. The molecule has 0 unspecified atom stereocenters. The molecule has 2 aromatic rings. The second-order valence-electron chi connectivity index (χ2n) is 8.29. The molecule has 7 heteroatoms. The molecule has 158 valence electrons. The van der Waals surface area contributed by atoms with Gasteiger partial charge in [-0.15, -0.1) is 0 Å². The second kappa shape index (κ2) is 8.69. The standard InChI is InChI=1S/C22H32N4O3/c1-4-28-19(27)13-25-11-9-18(10-12-25)29-22-20-15(2)16(3)26(17-7-5-6-8-17)21(20)23-14-24-22/h14,17-18H,4-13H2,1-3H3. The molecule has 4 rings (SSSR count). The van der Waals surface area contributed by atoms with Gasteiger partial charge in [0, 0.05) is 24.8 Å². The Morgan fingerprint density at radius 1 is 1.14 bits per heavy atom. The lowest BCUT2D eigenvalue weighted by Gasteiger charge is -2.31. The van der Waals surface area contributed by atoms with Crippen molar-refractivity contribution in [1.29, 1.82) is 0 Å². The summed E-state index contributed by atoms with van der Waals surface area (Å²) in [5.41, 5.74) is 3.51. The maximum atomic E-state index is 11.7. The Labute approximate surface area is 172 Å². The zero-order chi connectivity index (χ0) is 20.4. The van der Waals surface area contributed by atoms with Crippen molar-refractivity contribution in [3.8, 4) is 5.88 Å². The summed E-state index contributed by atoms with van der Waals surface area (Å²) in [6.07, 6.45) is 8.55. The van der Waals surface area contributed by atoms with Crippen LogP contribution in [0.4, 0.5) is 0 Å². The second-order valence-corrected chi connectivity index (χ2v) is 8.29. The number of hydrogen-bond acceptors (Lipinski definition) is 6. The number of nitrogens with zero attached hydrogens (tertiary/aromatic N) is 4. The molecular weight excluding hydrogens is 368 g/mol. The van der Waals surface area contributed by atoms with E-state index in [1.807, 2.05) is 6.92 Å². The summed E-state index contributed by atoms with van der Waals surface area (Å²) in [6.45, 7) is 8.64. The van der Waals surface area contributed by atoms with Crippen LogP contribution < -0.4 is 4.74 Å². The maximum absolute atomic E-state index is 11.7. The van der Waals surface area contributed by atoms with Gasteiger partial charge < -0.3 is 14.0 Å². The Hall–Kier alpha value is -2.15. The lowest BCUT2D eigenvalue weighted by Crippen LogP contribution is -2.41. The largest absolute Gasteiger partial charge is 0.474 e. The van der Waals surface area contributed by atoms with Gasteiger partial charge in [-0.1, -0.05) is 12.8 Å². The molecule has 7 nitrogen and oxygen atoms in total. The molecule has 29 heavy (non-hydrogen) atoms. The van der Waals surface area contributed by atoms with Gasteiger partial charge in [-0.3, -0.25) is 9.69 Å². The first-order valence-electron chi connectivity index (χ1n) is 10.9. The van der Waals surface area contributed by atoms with Crippen LogP contribution in [0, 0.1) is 13.8 Å². The monoisotopic (exact) mass is 400 g/mol. The quantitative estimate of drug-likeness (QED) is 0.691. The number of rotatable bonds is 6. The Bertz CT molecular complexity index is 865. The van der Waals surface area contributed by atoms with E-state index in [0.29, 0.717) is 25.1 Å². The number of piperidine rings is 1. The van der Waals surface area contributed by atoms with Crippen molar-refractivity contribution >= 4 is 17.0 Å². The van der Waals surface area contributed by atoms with Crippen LogP contribution in [0.25, 0.3) is 11.0 Å². The highest BCUT2D eigenvalue weighted by molar-refractivity contribution is 5.86. The summed E-state index contributed by atoms with van der Waals surface area (Å²) in [6, 6.07) is 0.542. The van der Waals surface area contributed by atoms with Crippen LogP contribution in [-0.4, -0.2) is 57.7 Å². The molecule has 0 amide bonds. The van der Waals surface area contributed by atoms with Gasteiger partial charge in [-0.05, 0) is 52.0 Å². The van der Waals surface area contributed by atoms with Crippen LogP contribution >= 0.6 is 0 Å². The minimum Gasteiger partial charge on any atom is -0.474 e. The van der Waals surface area contributed by atoms with Gasteiger partial charge in [0.25, 0.3) is 0 Å². The first kappa shape index (κ1) is 20.1. The van der Waals surface area contributed by atoms with E-state index in [0.717, 1.165) is 37.0 Å². The number of likely N-dealkylation sites (tertiary alicyclic amines) is 1. The van der Waals surface area contributed by atoms with Gasteiger partial charge in [0.15, 0.2) is 0 Å². The molecule has 0 radical (unpaired) electrons. The lowest BCUT2D eigenvalue weighted by atomic mass is 10.1. The number of esters is 1. The fourth-order valence-electron chi connectivity index (χ4n) is 4.82. The maximum Gasteiger partial charge on any atom is 0.320 e. The van der Waals surface area contributed by atoms with Gasteiger partial charge in [0.1, 0.15) is 18.1 Å². The minimum atomic E-state index is -0.149. The molecule has 0 bridgehead atoms. The highest BCUT2D eigenvalue weighted by atomic mass is 16.5. The minimum absolute atomic E-state index is 0.112. The van der Waals surface area contributed by atoms with Crippen molar-refractivity contribution in [1.82, 2.24) is 19.4 Å². The molecule has 0 atom stereocenters. The molecule has 1 saturated heterocycles. The van der Waals surface area contributed by atoms with Crippen LogP contribution in [0.15, 0.2) is 6.33 Å². The van der Waals surface area contributed by atoms with Crippen LogP contribution in [0.5, 0.6) is 5.88 Å². The SMILES string of the molecule is CCOC(=O)CN1CCC(Oc2ncnc3c2c(C)c(C)n3C2CCCC2)CC1.